The molecule has 0 aliphatic carbocycles. The van der Waals surface area contributed by atoms with Gasteiger partial charge in [0, 0.05) is 24.4 Å². The van der Waals surface area contributed by atoms with Crippen molar-refractivity contribution in [3.8, 4) is 0 Å². The maximum absolute atomic E-state index is 13.8. The summed E-state index contributed by atoms with van der Waals surface area (Å²) in [6.07, 6.45) is 0. The molecule has 2 aromatic rings. The van der Waals surface area contributed by atoms with Gasteiger partial charge >= 0.3 is 0 Å². The van der Waals surface area contributed by atoms with E-state index in [1.807, 2.05) is 27.8 Å². The third-order valence-corrected chi connectivity index (χ3v) is 3.99. The smallest absolute Gasteiger partial charge is 0.147 e. The molecule has 0 bridgehead atoms. The summed E-state index contributed by atoms with van der Waals surface area (Å²) in [6.45, 7) is 5.75. The van der Waals surface area contributed by atoms with Gasteiger partial charge in [0.2, 0.25) is 0 Å². The third-order valence-electron chi connectivity index (χ3n) is 3.38. The average Bonchev–Trinajstić information content (AvgIpc) is 2.60. The van der Waals surface area contributed by atoms with E-state index in [9.17, 15) is 8.78 Å². The van der Waals surface area contributed by atoms with Gasteiger partial charge in [-0.2, -0.15) is 5.10 Å². The summed E-state index contributed by atoms with van der Waals surface area (Å²) in [5.74, 6) is -0.995. The number of benzene rings is 1. The van der Waals surface area contributed by atoms with E-state index < -0.39 is 11.6 Å². The first kappa shape index (κ1) is 15.0. The van der Waals surface area contributed by atoms with E-state index in [4.69, 9.17) is 0 Å². The van der Waals surface area contributed by atoms with E-state index in [0.29, 0.717) is 0 Å². The lowest BCUT2D eigenvalue weighted by Gasteiger charge is -2.17. The lowest BCUT2D eigenvalue weighted by Crippen LogP contribution is -2.10. The summed E-state index contributed by atoms with van der Waals surface area (Å²) in [7, 11) is 1.86. The number of aromatic nitrogens is 2. The molecule has 6 heteroatoms. The molecule has 108 valence electrons. The van der Waals surface area contributed by atoms with Gasteiger partial charge < -0.3 is 5.32 Å². The van der Waals surface area contributed by atoms with Crippen molar-refractivity contribution >= 4 is 21.6 Å². The van der Waals surface area contributed by atoms with E-state index in [1.54, 1.807) is 4.68 Å². The molecule has 1 heterocycles. The minimum Gasteiger partial charge on any atom is -0.376 e. The van der Waals surface area contributed by atoms with Crippen LogP contribution < -0.4 is 5.32 Å². The number of hydrogen-bond acceptors (Lipinski definition) is 2. The number of nitrogens with one attached hydrogen (secondary N) is 1. The number of hydrogen-bond donors (Lipinski definition) is 1. The molecule has 20 heavy (non-hydrogen) atoms. The van der Waals surface area contributed by atoms with E-state index in [1.165, 1.54) is 0 Å². The van der Waals surface area contributed by atoms with Gasteiger partial charge in [-0.3, -0.25) is 4.68 Å². The topological polar surface area (TPSA) is 29.9 Å². The molecule has 1 atom stereocenters. The summed E-state index contributed by atoms with van der Waals surface area (Å²) >= 11 is 2.96. The van der Waals surface area contributed by atoms with Gasteiger partial charge in [-0.1, -0.05) is 0 Å². The molecule has 1 aromatic carbocycles. The number of anilines is 1. The van der Waals surface area contributed by atoms with Gasteiger partial charge in [0.1, 0.15) is 11.6 Å². The Morgan fingerprint density at radius 2 is 1.90 bits per heavy atom. The minimum atomic E-state index is -0.499. The Morgan fingerprint density at radius 1 is 1.25 bits per heavy atom. The zero-order valence-corrected chi connectivity index (χ0v) is 13.3. The van der Waals surface area contributed by atoms with Gasteiger partial charge in [-0.25, -0.2) is 8.78 Å². The van der Waals surface area contributed by atoms with Crippen LogP contribution in [-0.4, -0.2) is 9.78 Å². The van der Waals surface area contributed by atoms with Gasteiger partial charge in [-0.05, 0) is 42.8 Å². The van der Waals surface area contributed by atoms with Gasteiger partial charge in [0.05, 0.1) is 21.9 Å². The monoisotopic (exact) mass is 343 g/mol. The first-order valence-electron chi connectivity index (χ1n) is 6.22. The molecule has 1 aromatic heterocycles. The zero-order valence-electron chi connectivity index (χ0n) is 11.8. The third kappa shape index (κ3) is 2.70. The van der Waals surface area contributed by atoms with Crippen LogP contribution in [0.3, 0.4) is 0 Å². The standard InChI is InChI=1S/C14H16BrF2N3/c1-7(14-8(2)19-20(4)9(14)3)18-13-6-11(16)10(15)5-12(13)17/h5-7,18H,1-4H3. The Hall–Kier alpha value is -1.43. The van der Waals surface area contributed by atoms with Crippen molar-refractivity contribution in [1.82, 2.24) is 9.78 Å². The van der Waals surface area contributed by atoms with Crippen LogP contribution in [0.15, 0.2) is 16.6 Å². The van der Waals surface area contributed by atoms with Crippen LogP contribution in [-0.2, 0) is 7.05 Å². The van der Waals surface area contributed by atoms with Crippen molar-refractivity contribution in [2.24, 2.45) is 7.05 Å². The molecular formula is C14H16BrF2N3. The van der Waals surface area contributed by atoms with Crippen LogP contribution in [0.5, 0.6) is 0 Å². The van der Waals surface area contributed by atoms with E-state index >= 15 is 0 Å². The second-order valence-corrected chi connectivity index (χ2v) is 5.67. The van der Waals surface area contributed by atoms with E-state index in [2.05, 4.69) is 26.3 Å². The lowest BCUT2D eigenvalue weighted by atomic mass is 10.1. The maximum Gasteiger partial charge on any atom is 0.147 e. The molecule has 1 N–H and O–H groups in total. The van der Waals surface area contributed by atoms with Crippen molar-refractivity contribution in [3.05, 3.63) is 45.2 Å². The summed E-state index contributed by atoms with van der Waals surface area (Å²) in [4.78, 5) is 0. The summed E-state index contributed by atoms with van der Waals surface area (Å²) in [5.41, 5.74) is 3.01. The fraction of sp³-hybridized carbons (Fsp3) is 0.357. The minimum absolute atomic E-state index is 0.113. The first-order chi connectivity index (χ1) is 9.31. The highest BCUT2D eigenvalue weighted by Crippen LogP contribution is 2.28. The molecule has 0 radical (unpaired) electrons. The second-order valence-electron chi connectivity index (χ2n) is 4.82. The molecule has 0 saturated heterocycles. The fourth-order valence-corrected chi connectivity index (χ4v) is 2.67. The van der Waals surface area contributed by atoms with Crippen molar-refractivity contribution in [2.45, 2.75) is 26.8 Å². The number of rotatable bonds is 3. The Morgan fingerprint density at radius 3 is 2.45 bits per heavy atom. The van der Waals surface area contributed by atoms with Crippen LogP contribution in [0.2, 0.25) is 0 Å². The van der Waals surface area contributed by atoms with Gasteiger partial charge in [-0.15, -0.1) is 0 Å². The normalized spacial score (nSPS) is 12.6. The molecule has 0 amide bonds. The SMILES string of the molecule is Cc1nn(C)c(C)c1C(C)Nc1cc(F)c(Br)cc1F. The number of halogens is 3. The molecule has 0 aliphatic rings. The molecular weight excluding hydrogens is 328 g/mol. The Labute approximate surface area is 125 Å². The predicted molar refractivity (Wildman–Crippen MR) is 78.8 cm³/mol. The fourth-order valence-electron chi connectivity index (χ4n) is 2.36. The van der Waals surface area contributed by atoms with Gasteiger partial charge in [0.25, 0.3) is 0 Å². The number of aryl methyl sites for hydroxylation is 2. The Bertz CT molecular complexity index is 652. The van der Waals surface area contributed by atoms with Crippen LogP contribution in [0, 0.1) is 25.5 Å². The molecule has 3 nitrogen and oxygen atoms in total. The summed E-state index contributed by atoms with van der Waals surface area (Å²) in [6, 6.07) is 2.10. The number of nitrogens with zero attached hydrogens (tertiary/aromatic N) is 2. The van der Waals surface area contributed by atoms with E-state index in [0.717, 1.165) is 29.1 Å². The Balaban J connectivity index is 2.32. The van der Waals surface area contributed by atoms with Crippen LogP contribution in [0.4, 0.5) is 14.5 Å². The highest BCUT2D eigenvalue weighted by atomic mass is 79.9. The summed E-state index contributed by atoms with van der Waals surface area (Å²) < 4.78 is 29.2. The average molecular weight is 344 g/mol. The van der Waals surface area contributed by atoms with Crippen molar-refractivity contribution in [1.29, 1.82) is 0 Å². The Kier molecular flexibility index (Phi) is 4.13. The highest BCUT2D eigenvalue weighted by molar-refractivity contribution is 9.10. The predicted octanol–water partition coefficient (Wildman–Crippen LogP) is 4.25. The largest absolute Gasteiger partial charge is 0.376 e. The van der Waals surface area contributed by atoms with Crippen molar-refractivity contribution in [2.75, 3.05) is 5.32 Å². The molecule has 2 rings (SSSR count). The van der Waals surface area contributed by atoms with Crippen molar-refractivity contribution in [3.63, 3.8) is 0 Å². The van der Waals surface area contributed by atoms with E-state index in [-0.39, 0.29) is 16.2 Å². The van der Waals surface area contributed by atoms with Crippen LogP contribution in [0.1, 0.15) is 29.9 Å². The second kappa shape index (κ2) is 5.52. The first-order valence-corrected chi connectivity index (χ1v) is 7.01. The van der Waals surface area contributed by atoms with Gasteiger partial charge in [0.15, 0.2) is 0 Å². The van der Waals surface area contributed by atoms with Crippen molar-refractivity contribution < 1.29 is 8.78 Å². The highest BCUT2D eigenvalue weighted by Gasteiger charge is 2.18. The van der Waals surface area contributed by atoms with Crippen LogP contribution in [0.25, 0.3) is 0 Å². The summed E-state index contributed by atoms with van der Waals surface area (Å²) in [5, 5.41) is 7.33. The molecule has 0 fully saturated rings. The molecule has 1 unspecified atom stereocenters. The lowest BCUT2D eigenvalue weighted by molar-refractivity contribution is 0.595. The quantitative estimate of drug-likeness (QED) is 0.844. The maximum atomic E-state index is 13.8. The molecule has 0 saturated carbocycles. The molecule has 0 aliphatic heterocycles. The molecule has 0 spiro atoms. The van der Waals surface area contributed by atoms with Crippen LogP contribution >= 0.6 is 15.9 Å². The zero-order chi connectivity index (χ0) is 15.0.